The molecule has 1 aromatic rings. The summed E-state index contributed by atoms with van der Waals surface area (Å²) >= 11 is 5.23. The van der Waals surface area contributed by atoms with E-state index >= 15 is 0 Å². The van der Waals surface area contributed by atoms with Crippen molar-refractivity contribution in [1.29, 1.82) is 0 Å². The monoisotopic (exact) mass is 308 g/mol. The van der Waals surface area contributed by atoms with E-state index in [1.807, 2.05) is 14.0 Å². The number of aromatic nitrogens is 2. The number of rotatable bonds is 4. The normalized spacial score (nSPS) is 18.0. The van der Waals surface area contributed by atoms with E-state index in [1.165, 1.54) is 0 Å². The van der Waals surface area contributed by atoms with Crippen LogP contribution in [0, 0.1) is 12.3 Å². The fourth-order valence-corrected chi connectivity index (χ4v) is 3.28. The number of amides is 1. The van der Waals surface area contributed by atoms with Crippen molar-refractivity contribution in [3.63, 3.8) is 0 Å². The highest BCUT2D eigenvalue weighted by Crippen LogP contribution is 2.35. The minimum Gasteiger partial charge on any atom is -0.392 e. The Morgan fingerprint density at radius 3 is 2.52 bits per heavy atom. The first kappa shape index (κ1) is 15.9. The molecule has 1 aliphatic carbocycles. The van der Waals surface area contributed by atoms with Gasteiger partial charge in [0.25, 0.3) is 0 Å². The molecule has 21 heavy (non-hydrogen) atoms. The van der Waals surface area contributed by atoms with Crippen LogP contribution < -0.4 is 11.1 Å². The van der Waals surface area contributed by atoms with Gasteiger partial charge in [-0.05, 0) is 19.8 Å². The van der Waals surface area contributed by atoms with Crippen molar-refractivity contribution >= 4 is 23.1 Å². The van der Waals surface area contributed by atoms with E-state index in [0.717, 1.165) is 49.8 Å². The van der Waals surface area contributed by atoms with E-state index < -0.39 is 5.41 Å². The smallest absolute Gasteiger partial charge is 0.233 e. The Kier molecular flexibility index (Phi) is 4.98. The number of thiocarbonyl (C=S) groups is 1. The summed E-state index contributed by atoms with van der Waals surface area (Å²) in [6.07, 6.45) is 7.64. The van der Waals surface area contributed by atoms with E-state index in [-0.39, 0.29) is 5.91 Å². The molecule has 1 heterocycles. The first-order valence-electron chi connectivity index (χ1n) is 7.53. The molecule has 0 radical (unpaired) electrons. The Labute approximate surface area is 131 Å². The number of nitrogens with zero attached hydrogens (tertiary/aromatic N) is 2. The maximum Gasteiger partial charge on any atom is 0.233 e. The lowest BCUT2D eigenvalue weighted by molar-refractivity contribution is -0.128. The largest absolute Gasteiger partial charge is 0.392 e. The van der Waals surface area contributed by atoms with Crippen molar-refractivity contribution in [3.8, 4) is 0 Å². The first-order valence-corrected chi connectivity index (χ1v) is 7.94. The first-order chi connectivity index (χ1) is 9.97. The van der Waals surface area contributed by atoms with Gasteiger partial charge in [-0.1, -0.05) is 37.9 Å². The zero-order valence-electron chi connectivity index (χ0n) is 12.8. The van der Waals surface area contributed by atoms with E-state index in [9.17, 15) is 4.79 Å². The molecule has 1 aromatic heterocycles. The van der Waals surface area contributed by atoms with Crippen molar-refractivity contribution < 1.29 is 4.79 Å². The second-order valence-corrected chi connectivity index (χ2v) is 6.36. The Morgan fingerprint density at radius 1 is 1.43 bits per heavy atom. The number of hydrogen-bond acceptors (Lipinski definition) is 3. The molecule has 0 aromatic carbocycles. The maximum absolute atomic E-state index is 12.7. The minimum absolute atomic E-state index is 0.0276. The molecule has 5 nitrogen and oxygen atoms in total. The number of hydrogen-bond donors (Lipinski definition) is 2. The van der Waals surface area contributed by atoms with Crippen LogP contribution in [0.4, 0.5) is 0 Å². The van der Waals surface area contributed by atoms with Crippen LogP contribution in [-0.2, 0) is 18.4 Å². The van der Waals surface area contributed by atoms with Crippen LogP contribution in [0.25, 0.3) is 0 Å². The maximum atomic E-state index is 12.7. The van der Waals surface area contributed by atoms with Crippen molar-refractivity contribution in [2.45, 2.75) is 52.0 Å². The summed E-state index contributed by atoms with van der Waals surface area (Å²) in [5.74, 6) is -0.0276. The molecule has 1 saturated carbocycles. The summed E-state index contributed by atoms with van der Waals surface area (Å²) in [6, 6.07) is 0. The van der Waals surface area contributed by atoms with Crippen LogP contribution in [-0.4, -0.2) is 20.7 Å². The highest BCUT2D eigenvalue weighted by Gasteiger charge is 2.41. The van der Waals surface area contributed by atoms with Crippen LogP contribution in [0.3, 0.4) is 0 Å². The van der Waals surface area contributed by atoms with Crippen LogP contribution in [0.1, 0.15) is 49.8 Å². The molecule has 1 aliphatic rings. The van der Waals surface area contributed by atoms with Gasteiger partial charge in [0.2, 0.25) is 5.91 Å². The lowest BCUT2D eigenvalue weighted by atomic mass is 9.79. The predicted octanol–water partition coefficient (Wildman–Crippen LogP) is 1.97. The van der Waals surface area contributed by atoms with Gasteiger partial charge in [0.1, 0.15) is 0 Å². The van der Waals surface area contributed by atoms with Crippen LogP contribution in [0.15, 0.2) is 6.20 Å². The molecule has 0 aliphatic heterocycles. The second-order valence-electron chi connectivity index (χ2n) is 5.92. The topological polar surface area (TPSA) is 72.9 Å². The quantitative estimate of drug-likeness (QED) is 0.659. The summed E-state index contributed by atoms with van der Waals surface area (Å²) < 4.78 is 1.80. The summed E-state index contributed by atoms with van der Waals surface area (Å²) in [5, 5.41) is 7.20. The van der Waals surface area contributed by atoms with Gasteiger partial charge in [-0.25, -0.2) is 0 Å². The van der Waals surface area contributed by atoms with E-state index in [4.69, 9.17) is 18.0 Å². The van der Waals surface area contributed by atoms with Crippen molar-refractivity contribution in [1.82, 2.24) is 15.1 Å². The van der Waals surface area contributed by atoms with Gasteiger partial charge in [-0.3, -0.25) is 9.48 Å². The summed E-state index contributed by atoms with van der Waals surface area (Å²) in [7, 11) is 1.89. The summed E-state index contributed by atoms with van der Waals surface area (Å²) in [5.41, 5.74) is 7.35. The van der Waals surface area contributed by atoms with Gasteiger partial charge < -0.3 is 11.1 Å². The third-order valence-corrected chi connectivity index (χ3v) is 5.03. The third kappa shape index (κ3) is 3.26. The zero-order chi connectivity index (χ0) is 15.5. The van der Waals surface area contributed by atoms with E-state index in [2.05, 4.69) is 10.4 Å². The standard InChI is InChI=1S/C15H24N4OS/c1-11-12(10-18-19(11)2)9-17-14(20)15(13(16)21)7-5-3-4-6-8-15/h10H,3-9H2,1-2H3,(H2,16,21)(H,17,20). The Bertz CT molecular complexity index is 530. The van der Waals surface area contributed by atoms with Gasteiger partial charge in [0.15, 0.2) is 0 Å². The third-order valence-electron chi connectivity index (χ3n) is 4.64. The van der Waals surface area contributed by atoms with E-state index in [0.29, 0.717) is 11.5 Å². The molecule has 2 rings (SSSR count). The number of nitrogens with two attached hydrogens (primary N) is 1. The molecule has 0 saturated heterocycles. The highest BCUT2D eigenvalue weighted by atomic mass is 32.1. The number of nitrogens with one attached hydrogen (secondary N) is 1. The number of carbonyl (C=O) groups excluding carboxylic acids is 1. The fourth-order valence-electron chi connectivity index (χ4n) is 2.98. The van der Waals surface area contributed by atoms with Crippen LogP contribution in [0.2, 0.25) is 0 Å². The fraction of sp³-hybridized carbons (Fsp3) is 0.667. The Balaban J connectivity index is 2.08. The molecular formula is C15H24N4OS. The minimum atomic E-state index is -0.665. The molecule has 0 atom stereocenters. The number of aryl methyl sites for hydroxylation is 1. The Hall–Kier alpha value is -1.43. The molecule has 1 fully saturated rings. The zero-order valence-corrected chi connectivity index (χ0v) is 13.6. The van der Waals surface area contributed by atoms with E-state index in [1.54, 1.807) is 10.9 Å². The van der Waals surface area contributed by atoms with Gasteiger partial charge in [-0.15, -0.1) is 0 Å². The predicted molar refractivity (Wildman–Crippen MR) is 86.7 cm³/mol. The molecule has 0 spiro atoms. The lowest BCUT2D eigenvalue weighted by Crippen LogP contribution is -2.48. The Morgan fingerprint density at radius 2 is 2.05 bits per heavy atom. The SMILES string of the molecule is Cc1c(CNC(=O)C2(C(N)=S)CCCCCC2)cnn1C. The summed E-state index contributed by atoms with van der Waals surface area (Å²) in [6.45, 7) is 2.46. The molecule has 0 unspecified atom stereocenters. The van der Waals surface area contributed by atoms with Crippen molar-refractivity contribution in [2.75, 3.05) is 0 Å². The van der Waals surface area contributed by atoms with Gasteiger partial charge in [-0.2, -0.15) is 5.10 Å². The van der Waals surface area contributed by atoms with Crippen molar-refractivity contribution in [3.05, 3.63) is 17.5 Å². The van der Waals surface area contributed by atoms with Crippen LogP contribution >= 0.6 is 12.2 Å². The van der Waals surface area contributed by atoms with Gasteiger partial charge in [0.05, 0.1) is 16.6 Å². The summed E-state index contributed by atoms with van der Waals surface area (Å²) in [4.78, 5) is 13.0. The molecule has 0 bridgehead atoms. The highest BCUT2D eigenvalue weighted by molar-refractivity contribution is 7.80. The lowest BCUT2D eigenvalue weighted by Gasteiger charge is -2.30. The average molecular weight is 308 g/mol. The molecule has 3 N–H and O–H groups in total. The second kappa shape index (κ2) is 6.56. The number of carbonyl (C=O) groups is 1. The molecule has 1 amide bonds. The van der Waals surface area contributed by atoms with Gasteiger partial charge in [0, 0.05) is 24.8 Å². The van der Waals surface area contributed by atoms with Crippen molar-refractivity contribution in [2.24, 2.45) is 18.2 Å². The average Bonchev–Trinajstić information content (AvgIpc) is 2.69. The molecule has 116 valence electrons. The van der Waals surface area contributed by atoms with Crippen LogP contribution in [0.5, 0.6) is 0 Å². The molecule has 6 heteroatoms. The molecular weight excluding hydrogens is 284 g/mol. The van der Waals surface area contributed by atoms with Gasteiger partial charge >= 0.3 is 0 Å².